The van der Waals surface area contributed by atoms with Gasteiger partial charge in [0.25, 0.3) is 0 Å². The highest BCUT2D eigenvalue weighted by Gasteiger charge is 2.09. The minimum Gasteiger partial charge on any atom is -0.366 e. The Labute approximate surface area is 119 Å². The lowest BCUT2D eigenvalue weighted by Crippen LogP contribution is -2.19. The molecule has 0 aliphatic carbocycles. The van der Waals surface area contributed by atoms with Crippen LogP contribution in [0.2, 0.25) is 0 Å². The lowest BCUT2D eigenvalue weighted by atomic mass is 10.1. The first-order valence-electron chi connectivity index (χ1n) is 5.67. The lowest BCUT2D eigenvalue weighted by molar-refractivity contribution is 0.785. The van der Waals surface area contributed by atoms with Gasteiger partial charge in [0, 0.05) is 19.3 Å². The largest absolute Gasteiger partial charge is 0.366 e. The maximum absolute atomic E-state index is 4.38. The zero-order valence-corrected chi connectivity index (χ0v) is 12.7. The Balaban J connectivity index is 2.04. The van der Waals surface area contributed by atoms with Gasteiger partial charge in [0.05, 0.1) is 4.47 Å². The number of anilines is 2. The summed E-state index contributed by atoms with van der Waals surface area (Å²) in [5.41, 5.74) is 1.35. The van der Waals surface area contributed by atoms with Crippen LogP contribution in [0.4, 0.5) is 11.8 Å². The first kappa shape index (κ1) is 13.3. The topological polar surface area (TPSA) is 49.8 Å². The first-order valence-corrected chi connectivity index (χ1v) is 7.40. The summed E-state index contributed by atoms with van der Waals surface area (Å²) >= 11 is 5.18. The molecule has 96 valence electrons. The van der Waals surface area contributed by atoms with Crippen molar-refractivity contribution in [3.63, 3.8) is 0 Å². The predicted molar refractivity (Wildman–Crippen MR) is 80.4 cm³/mol. The Kier molecular flexibility index (Phi) is 4.54. The van der Waals surface area contributed by atoms with Crippen molar-refractivity contribution >= 4 is 39.0 Å². The molecule has 1 atom stereocenters. The maximum Gasteiger partial charge on any atom is 0.224 e. The molecule has 0 bridgehead atoms. The van der Waals surface area contributed by atoms with E-state index in [-0.39, 0.29) is 0 Å². The average molecular weight is 327 g/mol. The molecule has 0 aliphatic rings. The van der Waals surface area contributed by atoms with Gasteiger partial charge in [-0.1, -0.05) is 0 Å². The SMILES string of the molecule is CNc1ncc(Br)c(NC(C)Cc2ccsc2)n1. The van der Waals surface area contributed by atoms with Crippen LogP contribution in [-0.4, -0.2) is 23.1 Å². The smallest absolute Gasteiger partial charge is 0.224 e. The number of hydrogen-bond donors (Lipinski definition) is 2. The fraction of sp³-hybridized carbons (Fsp3) is 0.333. The zero-order chi connectivity index (χ0) is 13.0. The number of nitrogens with zero attached hydrogens (tertiary/aromatic N) is 2. The van der Waals surface area contributed by atoms with Crippen LogP contribution in [0.15, 0.2) is 27.5 Å². The molecule has 0 fully saturated rings. The molecule has 1 unspecified atom stereocenters. The van der Waals surface area contributed by atoms with E-state index in [2.05, 4.69) is 60.3 Å². The second kappa shape index (κ2) is 6.15. The van der Waals surface area contributed by atoms with E-state index in [9.17, 15) is 0 Å². The number of aromatic nitrogens is 2. The third kappa shape index (κ3) is 3.43. The van der Waals surface area contributed by atoms with Crippen LogP contribution in [0, 0.1) is 0 Å². The van der Waals surface area contributed by atoms with Crippen molar-refractivity contribution in [2.45, 2.75) is 19.4 Å². The Morgan fingerprint density at radius 1 is 1.50 bits per heavy atom. The Morgan fingerprint density at radius 2 is 2.33 bits per heavy atom. The molecule has 2 N–H and O–H groups in total. The summed E-state index contributed by atoms with van der Waals surface area (Å²) in [5.74, 6) is 1.43. The molecule has 6 heteroatoms. The van der Waals surface area contributed by atoms with Crippen LogP contribution in [0.3, 0.4) is 0 Å². The van der Waals surface area contributed by atoms with Crippen molar-refractivity contribution in [3.05, 3.63) is 33.1 Å². The molecule has 2 rings (SSSR count). The van der Waals surface area contributed by atoms with E-state index in [1.54, 1.807) is 17.5 Å². The van der Waals surface area contributed by atoms with Gasteiger partial charge in [-0.2, -0.15) is 16.3 Å². The van der Waals surface area contributed by atoms with E-state index in [1.165, 1.54) is 5.56 Å². The Hall–Kier alpha value is -1.14. The molecule has 2 aromatic heterocycles. The van der Waals surface area contributed by atoms with Crippen molar-refractivity contribution in [2.75, 3.05) is 17.7 Å². The molecular weight excluding hydrogens is 312 g/mol. The summed E-state index contributed by atoms with van der Waals surface area (Å²) < 4.78 is 0.874. The lowest BCUT2D eigenvalue weighted by Gasteiger charge is -2.15. The van der Waals surface area contributed by atoms with Gasteiger partial charge in [-0.15, -0.1) is 0 Å². The zero-order valence-electron chi connectivity index (χ0n) is 10.3. The highest BCUT2D eigenvalue weighted by atomic mass is 79.9. The molecule has 18 heavy (non-hydrogen) atoms. The van der Waals surface area contributed by atoms with Crippen molar-refractivity contribution in [3.8, 4) is 0 Å². The van der Waals surface area contributed by atoms with Gasteiger partial charge in [-0.05, 0) is 51.7 Å². The number of nitrogens with one attached hydrogen (secondary N) is 2. The highest BCUT2D eigenvalue weighted by molar-refractivity contribution is 9.10. The van der Waals surface area contributed by atoms with Crippen molar-refractivity contribution in [1.82, 2.24) is 9.97 Å². The molecule has 0 spiro atoms. The predicted octanol–water partition coefficient (Wildman–Crippen LogP) is 3.39. The minimum atomic E-state index is 0.315. The van der Waals surface area contributed by atoms with E-state index in [0.717, 1.165) is 16.7 Å². The van der Waals surface area contributed by atoms with Crippen LogP contribution >= 0.6 is 27.3 Å². The quantitative estimate of drug-likeness (QED) is 0.884. The number of halogens is 1. The summed E-state index contributed by atoms with van der Waals surface area (Å²) in [6, 6.07) is 2.46. The van der Waals surface area contributed by atoms with E-state index in [0.29, 0.717) is 12.0 Å². The van der Waals surface area contributed by atoms with Crippen LogP contribution < -0.4 is 10.6 Å². The van der Waals surface area contributed by atoms with Gasteiger partial charge in [-0.3, -0.25) is 0 Å². The first-order chi connectivity index (χ1) is 8.69. The molecule has 0 aromatic carbocycles. The average Bonchev–Trinajstić information content (AvgIpc) is 2.84. The standard InChI is InChI=1S/C12H15BrN4S/c1-8(5-9-3-4-18-7-9)16-11-10(13)6-15-12(14-2)17-11/h3-4,6-8H,5H2,1-2H3,(H2,14,15,16,17). The van der Waals surface area contributed by atoms with E-state index < -0.39 is 0 Å². The summed E-state index contributed by atoms with van der Waals surface area (Å²) in [6.45, 7) is 2.14. The van der Waals surface area contributed by atoms with Crippen LogP contribution in [0.5, 0.6) is 0 Å². The number of rotatable bonds is 5. The second-order valence-electron chi connectivity index (χ2n) is 4.02. The molecule has 0 amide bonds. The summed E-state index contributed by atoms with van der Waals surface area (Å²) in [7, 11) is 1.81. The summed E-state index contributed by atoms with van der Waals surface area (Å²) in [4.78, 5) is 8.52. The van der Waals surface area contributed by atoms with E-state index in [4.69, 9.17) is 0 Å². The van der Waals surface area contributed by atoms with E-state index >= 15 is 0 Å². The fourth-order valence-electron chi connectivity index (χ4n) is 1.64. The Morgan fingerprint density at radius 3 is 3.00 bits per heavy atom. The summed E-state index contributed by atoms with van der Waals surface area (Å²) in [5, 5.41) is 10.6. The van der Waals surface area contributed by atoms with Gasteiger partial charge < -0.3 is 10.6 Å². The van der Waals surface area contributed by atoms with E-state index in [1.807, 2.05) is 7.05 Å². The van der Waals surface area contributed by atoms with Crippen molar-refractivity contribution in [1.29, 1.82) is 0 Å². The van der Waals surface area contributed by atoms with Gasteiger partial charge in [-0.25, -0.2) is 4.98 Å². The molecule has 0 saturated carbocycles. The fourth-order valence-corrected chi connectivity index (χ4v) is 2.62. The van der Waals surface area contributed by atoms with Crippen LogP contribution in [-0.2, 0) is 6.42 Å². The highest BCUT2D eigenvalue weighted by Crippen LogP contribution is 2.21. The van der Waals surface area contributed by atoms with Crippen molar-refractivity contribution < 1.29 is 0 Å². The molecule has 2 heterocycles. The molecule has 0 radical (unpaired) electrons. The second-order valence-corrected chi connectivity index (χ2v) is 5.66. The molecule has 0 saturated heterocycles. The Bertz CT molecular complexity index is 501. The third-order valence-electron chi connectivity index (χ3n) is 2.47. The van der Waals surface area contributed by atoms with Crippen LogP contribution in [0.1, 0.15) is 12.5 Å². The molecule has 2 aromatic rings. The van der Waals surface area contributed by atoms with Crippen molar-refractivity contribution in [2.24, 2.45) is 0 Å². The maximum atomic E-state index is 4.38. The molecule has 4 nitrogen and oxygen atoms in total. The van der Waals surface area contributed by atoms with Crippen LogP contribution in [0.25, 0.3) is 0 Å². The molecule has 0 aliphatic heterocycles. The molecular formula is C12H15BrN4S. The number of thiophene rings is 1. The summed E-state index contributed by atoms with van der Waals surface area (Å²) in [6.07, 6.45) is 2.73. The minimum absolute atomic E-state index is 0.315. The van der Waals surface area contributed by atoms with Gasteiger partial charge in [0.15, 0.2) is 0 Å². The van der Waals surface area contributed by atoms with Gasteiger partial charge in [0.2, 0.25) is 5.95 Å². The number of hydrogen-bond acceptors (Lipinski definition) is 5. The normalized spacial score (nSPS) is 12.2. The third-order valence-corrected chi connectivity index (χ3v) is 3.79. The van der Waals surface area contributed by atoms with Gasteiger partial charge >= 0.3 is 0 Å². The van der Waals surface area contributed by atoms with Gasteiger partial charge in [0.1, 0.15) is 5.82 Å². The monoisotopic (exact) mass is 326 g/mol.